The van der Waals surface area contributed by atoms with Crippen molar-refractivity contribution < 1.29 is 0 Å². The summed E-state index contributed by atoms with van der Waals surface area (Å²) in [6, 6.07) is 0. The molecule has 0 heterocycles. The van der Waals surface area contributed by atoms with Gasteiger partial charge in [-0.05, 0) is 54.8 Å². The lowest BCUT2D eigenvalue weighted by atomic mass is 9.65. The maximum Gasteiger partial charge on any atom is -0.0289 e. The Morgan fingerprint density at radius 1 is 1.33 bits per heavy atom. The number of rotatable bonds is 4. The highest BCUT2D eigenvalue weighted by molar-refractivity contribution is 5.06. The molecule has 0 heteroatoms. The van der Waals surface area contributed by atoms with Gasteiger partial charge in [0.1, 0.15) is 0 Å². The standard InChI is InChI=1S/C15H28/c1-5-15(8-6-12(2)3)9-7-13-10-14(13,4)11-15/h12-13H,5-11H2,1-4H3. The smallest absolute Gasteiger partial charge is 0.0289 e. The molecular weight excluding hydrogens is 180 g/mol. The second-order valence-corrected chi connectivity index (χ2v) is 7.06. The zero-order valence-corrected chi connectivity index (χ0v) is 11.1. The average Bonchev–Trinajstić information content (AvgIpc) is 2.85. The van der Waals surface area contributed by atoms with Crippen molar-refractivity contribution in [3.63, 3.8) is 0 Å². The molecule has 0 aromatic carbocycles. The largest absolute Gasteiger partial charge is 0.0649 e. The first-order valence-electron chi connectivity index (χ1n) is 7.00. The highest BCUT2D eigenvalue weighted by Crippen LogP contribution is 2.66. The van der Waals surface area contributed by atoms with Crippen molar-refractivity contribution in [2.75, 3.05) is 0 Å². The minimum atomic E-state index is 0.728. The highest BCUT2D eigenvalue weighted by atomic mass is 14.6. The Morgan fingerprint density at radius 2 is 2.07 bits per heavy atom. The normalized spacial score (nSPS) is 44.2. The fourth-order valence-corrected chi connectivity index (χ4v) is 3.88. The van der Waals surface area contributed by atoms with Crippen molar-refractivity contribution in [1.29, 1.82) is 0 Å². The minimum Gasteiger partial charge on any atom is -0.0649 e. The van der Waals surface area contributed by atoms with Crippen molar-refractivity contribution in [2.45, 2.75) is 72.6 Å². The lowest BCUT2D eigenvalue weighted by Gasteiger charge is -2.40. The molecule has 0 amide bonds. The van der Waals surface area contributed by atoms with Crippen molar-refractivity contribution in [3.05, 3.63) is 0 Å². The van der Waals surface area contributed by atoms with Gasteiger partial charge in [-0.2, -0.15) is 0 Å². The third-order valence-corrected chi connectivity index (χ3v) is 5.34. The van der Waals surface area contributed by atoms with Gasteiger partial charge in [-0.1, -0.05) is 40.5 Å². The van der Waals surface area contributed by atoms with Crippen LogP contribution >= 0.6 is 0 Å². The number of hydrogen-bond donors (Lipinski definition) is 0. The van der Waals surface area contributed by atoms with E-state index in [0.29, 0.717) is 0 Å². The van der Waals surface area contributed by atoms with Crippen LogP contribution in [0.3, 0.4) is 0 Å². The Kier molecular flexibility index (Phi) is 2.90. The average molecular weight is 208 g/mol. The van der Waals surface area contributed by atoms with Crippen molar-refractivity contribution in [1.82, 2.24) is 0 Å². The summed E-state index contributed by atoms with van der Waals surface area (Å²) in [4.78, 5) is 0. The summed E-state index contributed by atoms with van der Waals surface area (Å²) >= 11 is 0. The molecule has 0 spiro atoms. The van der Waals surface area contributed by atoms with E-state index in [2.05, 4.69) is 27.7 Å². The molecule has 0 radical (unpaired) electrons. The monoisotopic (exact) mass is 208 g/mol. The van der Waals surface area contributed by atoms with E-state index in [0.717, 1.165) is 22.7 Å². The third kappa shape index (κ3) is 2.24. The summed E-state index contributed by atoms with van der Waals surface area (Å²) in [5, 5.41) is 0. The van der Waals surface area contributed by atoms with E-state index in [-0.39, 0.29) is 0 Å². The maximum absolute atomic E-state index is 2.54. The lowest BCUT2D eigenvalue weighted by molar-refractivity contribution is 0.111. The molecule has 3 atom stereocenters. The van der Waals surface area contributed by atoms with Crippen LogP contribution in [0.4, 0.5) is 0 Å². The predicted molar refractivity (Wildman–Crippen MR) is 66.9 cm³/mol. The molecule has 0 N–H and O–H groups in total. The summed E-state index contributed by atoms with van der Waals surface area (Å²) in [5.74, 6) is 1.99. The van der Waals surface area contributed by atoms with Gasteiger partial charge in [0.15, 0.2) is 0 Å². The quantitative estimate of drug-likeness (QED) is 0.608. The van der Waals surface area contributed by atoms with Crippen molar-refractivity contribution >= 4 is 0 Å². The van der Waals surface area contributed by atoms with Crippen LogP contribution in [0.2, 0.25) is 0 Å². The minimum absolute atomic E-state index is 0.728. The van der Waals surface area contributed by atoms with Crippen LogP contribution in [-0.2, 0) is 0 Å². The Hall–Kier alpha value is 0. The van der Waals surface area contributed by atoms with Crippen LogP contribution in [-0.4, -0.2) is 0 Å². The van der Waals surface area contributed by atoms with Crippen LogP contribution in [0.25, 0.3) is 0 Å². The second-order valence-electron chi connectivity index (χ2n) is 7.06. The van der Waals surface area contributed by atoms with Crippen molar-refractivity contribution in [2.24, 2.45) is 22.7 Å². The summed E-state index contributed by atoms with van der Waals surface area (Å²) < 4.78 is 0. The molecule has 3 unspecified atom stereocenters. The molecule has 0 bridgehead atoms. The molecule has 0 aliphatic heterocycles. The van der Waals surface area contributed by atoms with E-state index in [9.17, 15) is 0 Å². The molecule has 15 heavy (non-hydrogen) atoms. The van der Waals surface area contributed by atoms with E-state index in [1.54, 1.807) is 0 Å². The van der Waals surface area contributed by atoms with Gasteiger partial charge in [0.05, 0.1) is 0 Å². The predicted octanol–water partition coefficient (Wildman–Crippen LogP) is 5.03. The molecule has 2 aliphatic rings. The SMILES string of the molecule is CCC1(CCC(C)C)CCC2CC2(C)C1. The van der Waals surface area contributed by atoms with Crippen molar-refractivity contribution in [3.8, 4) is 0 Å². The summed E-state index contributed by atoms with van der Waals surface area (Å²) in [6.45, 7) is 9.70. The lowest BCUT2D eigenvalue weighted by Crippen LogP contribution is -2.28. The van der Waals surface area contributed by atoms with E-state index >= 15 is 0 Å². The van der Waals surface area contributed by atoms with Gasteiger partial charge in [0.25, 0.3) is 0 Å². The maximum atomic E-state index is 2.54. The van der Waals surface area contributed by atoms with Gasteiger partial charge < -0.3 is 0 Å². The Labute approximate surface area is 95.8 Å². The number of fused-ring (bicyclic) bond motifs is 1. The topological polar surface area (TPSA) is 0 Å². The molecule has 0 aromatic rings. The van der Waals surface area contributed by atoms with Crippen LogP contribution in [0.15, 0.2) is 0 Å². The zero-order valence-electron chi connectivity index (χ0n) is 11.1. The Morgan fingerprint density at radius 3 is 2.60 bits per heavy atom. The van der Waals surface area contributed by atoms with Gasteiger partial charge in [0, 0.05) is 0 Å². The van der Waals surface area contributed by atoms with E-state index < -0.39 is 0 Å². The van der Waals surface area contributed by atoms with E-state index in [1.807, 2.05) is 0 Å². The molecule has 88 valence electrons. The van der Waals surface area contributed by atoms with Crippen LogP contribution in [0.1, 0.15) is 72.6 Å². The first-order chi connectivity index (χ1) is 7.00. The Bertz CT molecular complexity index is 230. The summed E-state index contributed by atoms with van der Waals surface area (Å²) in [5.41, 5.74) is 1.50. The van der Waals surface area contributed by atoms with Crippen LogP contribution < -0.4 is 0 Å². The molecule has 2 aliphatic carbocycles. The molecule has 0 saturated heterocycles. The van der Waals surface area contributed by atoms with Crippen LogP contribution in [0, 0.1) is 22.7 Å². The molecule has 0 aromatic heterocycles. The molecule has 2 fully saturated rings. The fourth-order valence-electron chi connectivity index (χ4n) is 3.88. The van der Waals surface area contributed by atoms with Gasteiger partial charge in [0.2, 0.25) is 0 Å². The zero-order chi connectivity index (χ0) is 11.1. The molecule has 2 rings (SSSR count). The van der Waals surface area contributed by atoms with Gasteiger partial charge in [-0.3, -0.25) is 0 Å². The first kappa shape index (κ1) is 11.5. The van der Waals surface area contributed by atoms with Gasteiger partial charge in [-0.15, -0.1) is 0 Å². The number of hydrogen-bond acceptors (Lipinski definition) is 0. The van der Waals surface area contributed by atoms with E-state index in [1.165, 1.54) is 44.9 Å². The van der Waals surface area contributed by atoms with E-state index in [4.69, 9.17) is 0 Å². The first-order valence-corrected chi connectivity index (χ1v) is 7.00. The second kappa shape index (κ2) is 3.79. The molecule has 0 nitrogen and oxygen atoms in total. The highest BCUT2D eigenvalue weighted by Gasteiger charge is 2.56. The molecular formula is C15H28. The third-order valence-electron chi connectivity index (χ3n) is 5.34. The van der Waals surface area contributed by atoms with Gasteiger partial charge >= 0.3 is 0 Å². The summed E-state index contributed by atoms with van der Waals surface area (Å²) in [6.07, 6.45) is 10.5. The van der Waals surface area contributed by atoms with Gasteiger partial charge in [-0.25, -0.2) is 0 Å². The van der Waals surface area contributed by atoms with Crippen LogP contribution in [0.5, 0.6) is 0 Å². The Balaban J connectivity index is 1.95. The summed E-state index contributed by atoms with van der Waals surface area (Å²) in [7, 11) is 0. The molecule has 2 saturated carbocycles. The fraction of sp³-hybridized carbons (Fsp3) is 1.00.